The van der Waals surface area contributed by atoms with Gasteiger partial charge in [-0.05, 0) is 37.5 Å². The van der Waals surface area contributed by atoms with E-state index in [1.807, 2.05) is 10.9 Å². The van der Waals surface area contributed by atoms with Crippen LogP contribution in [0.3, 0.4) is 0 Å². The summed E-state index contributed by atoms with van der Waals surface area (Å²) in [6.45, 7) is 3.76. The highest BCUT2D eigenvalue weighted by Gasteiger charge is 2.22. The Balaban J connectivity index is 1.85. The van der Waals surface area contributed by atoms with Crippen LogP contribution in [-0.4, -0.2) is 28.0 Å². The summed E-state index contributed by atoms with van der Waals surface area (Å²) in [5.41, 5.74) is 1.18. The van der Waals surface area contributed by atoms with Crippen molar-refractivity contribution in [3.63, 3.8) is 0 Å². The van der Waals surface area contributed by atoms with Crippen molar-refractivity contribution < 1.29 is 13.9 Å². The van der Waals surface area contributed by atoms with E-state index in [0.717, 1.165) is 12.8 Å². The molecule has 0 N–H and O–H groups in total. The van der Waals surface area contributed by atoms with Crippen molar-refractivity contribution in [3.05, 3.63) is 48.6 Å². The minimum absolute atomic E-state index is 0.0764. The lowest BCUT2D eigenvalue weighted by Gasteiger charge is -2.24. The summed E-state index contributed by atoms with van der Waals surface area (Å²) >= 11 is 0. The van der Waals surface area contributed by atoms with E-state index in [-0.39, 0.29) is 18.2 Å². The molecular weight excluding hydrogens is 311 g/mol. The molecule has 0 spiro atoms. The van der Waals surface area contributed by atoms with Crippen LogP contribution in [0.5, 0.6) is 5.75 Å². The third kappa shape index (κ3) is 3.15. The number of methoxy groups -OCH3 is 1. The molecule has 24 heavy (non-hydrogen) atoms. The highest BCUT2D eigenvalue weighted by atomic mass is 19.1. The summed E-state index contributed by atoms with van der Waals surface area (Å²) in [5.74, 6) is -0.711. The number of ether oxygens (including phenoxy) is 1. The van der Waals surface area contributed by atoms with Gasteiger partial charge in [-0.3, -0.25) is 4.79 Å². The van der Waals surface area contributed by atoms with Gasteiger partial charge in [0.1, 0.15) is 5.69 Å². The van der Waals surface area contributed by atoms with Crippen molar-refractivity contribution in [2.45, 2.75) is 31.8 Å². The molecular formula is C17H19FN4O2. The van der Waals surface area contributed by atoms with Crippen LogP contribution in [-0.2, 0) is 11.3 Å². The van der Waals surface area contributed by atoms with Crippen LogP contribution in [0.25, 0.3) is 0 Å². The molecule has 1 aliphatic carbocycles. The number of rotatable bonds is 6. The second-order valence-electron chi connectivity index (χ2n) is 5.72. The van der Waals surface area contributed by atoms with Gasteiger partial charge in [-0.25, -0.2) is 9.07 Å². The Labute approximate surface area is 139 Å². The topological polar surface area (TPSA) is 60.2 Å². The van der Waals surface area contributed by atoms with Gasteiger partial charge >= 0.3 is 0 Å². The second-order valence-corrected chi connectivity index (χ2v) is 5.72. The van der Waals surface area contributed by atoms with Crippen LogP contribution < -0.4 is 9.64 Å². The molecule has 6 nitrogen and oxygen atoms in total. The van der Waals surface area contributed by atoms with E-state index in [9.17, 15) is 9.18 Å². The predicted molar refractivity (Wildman–Crippen MR) is 87.2 cm³/mol. The molecule has 0 unspecified atom stereocenters. The first-order valence-electron chi connectivity index (χ1n) is 7.80. The van der Waals surface area contributed by atoms with E-state index >= 15 is 0 Å². The molecule has 0 aliphatic heterocycles. The van der Waals surface area contributed by atoms with Gasteiger partial charge in [0, 0.05) is 11.8 Å². The van der Waals surface area contributed by atoms with E-state index < -0.39 is 5.82 Å². The summed E-state index contributed by atoms with van der Waals surface area (Å²) < 4.78 is 20.4. The van der Waals surface area contributed by atoms with Crippen LogP contribution in [0.4, 0.5) is 10.1 Å². The second kappa shape index (κ2) is 6.82. The third-order valence-corrected chi connectivity index (χ3v) is 4.21. The third-order valence-electron chi connectivity index (χ3n) is 4.21. The standard InChI is InChI=1S/C17H19FN4O2/c1-3-17(23)21(14-7-8-15(18)16(9-14)24-2)10-12-11-22(20-19-12)13-5-4-6-13/h3,7-9,11,13H,1,4-6,10H2,2H3. The van der Waals surface area contributed by atoms with Gasteiger partial charge in [0.25, 0.3) is 5.91 Å². The number of hydrogen-bond donors (Lipinski definition) is 0. The van der Waals surface area contributed by atoms with Gasteiger partial charge < -0.3 is 9.64 Å². The summed E-state index contributed by atoms with van der Waals surface area (Å²) in [4.78, 5) is 13.7. The van der Waals surface area contributed by atoms with E-state index in [1.54, 1.807) is 0 Å². The Bertz CT molecular complexity index is 755. The van der Waals surface area contributed by atoms with Crippen molar-refractivity contribution >= 4 is 11.6 Å². The molecule has 1 amide bonds. The number of carbonyl (C=O) groups is 1. The number of halogens is 1. The largest absolute Gasteiger partial charge is 0.494 e. The number of aromatic nitrogens is 3. The Morgan fingerprint density at radius 2 is 2.33 bits per heavy atom. The Morgan fingerprint density at radius 1 is 1.54 bits per heavy atom. The van der Waals surface area contributed by atoms with Gasteiger partial charge in [-0.1, -0.05) is 11.8 Å². The lowest BCUT2D eigenvalue weighted by Crippen LogP contribution is -2.28. The van der Waals surface area contributed by atoms with Gasteiger partial charge in [0.05, 0.1) is 25.9 Å². The molecule has 1 heterocycles. The molecule has 1 fully saturated rings. The van der Waals surface area contributed by atoms with Crippen molar-refractivity contribution in [1.29, 1.82) is 0 Å². The van der Waals surface area contributed by atoms with E-state index in [0.29, 0.717) is 17.4 Å². The van der Waals surface area contributed by atoms with Crippen molar-refractivity contribution in [3.8, 4) is 5.75 Å². The van der Waals surface area contributed by atoms with Gasteiger partial charge in [0.15, 0.2) is 11.6 Å². The molecule has 0 radical (unpaired) electrons. The smallest absolute Gasteiger partial charge is 0.250 e. The van der Waals surface area contributed by atoms with Gasteiger partial charge in [0.2, 0.25) is 0 Å². The highest BCUT2D eigenvalue weighted by molar-refractivity contribution is 6.01. The SMILES string of the molecule is C=CC(=O)N(Cc1cn(C2CCC2)nn1)c1ccc(F)c(OC)c1. The van der Waals surface area contributed by atoms with Crippen molar-refractivity contribution in [2.75, 3.05) is 12.0 Å². The zero-order chi connectivity index (χ0) is 17.1. The van der Waals surface area contributed by atoms with Crippen LogP contribution in [0, 0.1) is 5.82 Å². The number of carbonyl (C=O) groups excluding carboxylic acids is 1. The number of benzene rings is 1. The Morgan fingerprint density at radius 3 is 2.96 bits per heavy atom. The predicted octanol–water partition coefficient (Wildman–Crippen LogP) is 2.87. The first-order chi connectivity index (χ1) is 11.6. The van der Waals surface area contributed by atoms with Crippen molar-refractivity contribution in [2.24, 2.45) is 0 Å². The minimum Gasteiger partial charge on any atom is -0.494 e. The van der Waals surface area contributed by atoms with Crippen LogP contribution >= 0.6 is 0 Å². The van der Waals surface area contributed by atoms with Crippen LogP contribution in [0.15, 0.2) is 37.1 Å². The number of anilines is 1. The molecule has 1 aliphatic rings. The molecule has 0 bridgehead atoms. The average molecular weight is 330 g/mol. The maximum absolute atomic E-state index is 13.6. The molecule has 126 valence electrons. The molecule has 2 aromatic rings. The Hall–Kier alpha value is -2.70. The average Bonchev–Trinajstić information content (AvgIpc) is 2.99. The maximum Gasteiger partial charge on any atom is 0.250 e. The highest BCUT2D eigenvalue weighted by Crippen LogP contribution is 2.31. The fourth-order valence-electron chi connectivity index (χ4n) is 2.60. The zero-order valence-electron chi connectivity index (χ0n) is 13.5. The lowest BCUT2D eigenvalue weighted by molar-refractivity contribution is -0.114. The van der Waals surface area contributed by atoms with Gasteiger partial charge in [-0.2, -0.15) is 0 Å². The molecule has 1 aromatic heterocycles. The number of amides is 1. The first kappa shape index (κ1) is 16.2. The van der Waals surface area contributed by atoms with Crippen LogP contribution in [0.1, 0.15) is 31.0 Å². The van der Waals surface area contributed by atoms with Gasteiger partial charge in [-0.15, -0.1) is 5.10 Å². The quantitative estimate of drug-likeness (QED) is 0.764. The lowest BCUT2D eigenvalue weighted by atomic mass is 9.93. The van der Waals surface area contributed by atoms with E-state index in [1.165, 1.54) is 42.7 Å². The first-order valence-corrected chi connectivity index (χ1v) is 7.80. The molecule has 0 atom stereocenters. The number of nitrogens with zero attached hydrogens (tertiary/aromatic N) is 4. The molecule has 7 heteroatoms. The fraction of sp³-hybridized carbons (Fsp3) is 0.353. The number of hydrogen-bond acceptors (Lipinski definition) is 4. The van der Waals surface area contributed by atoms with E-state index in [4.69, 9.17) is 4.74 Å². The van der Waals surface area contributed by atoms with E-state index in [2.05, 4.69) is 16.9 Å². The fourth-order valence-corrected chi connectivity index (χ4v) is 2.60. The zero-order valence-corrected chi connectivity index (χ0v) is 13.5. The molecule has 1 aromatic carbocycles. The molecule has 1 saturated carbocycles. The Kier molecular flexibility index (Phi) is 4.59. The monoisotopic (exact) mass is 330 g/mol. The van der Waals surface area contributed by atoms with Crippen LogP contribution in [0.2, 0.25) is 0 Å². The maximum atomic E-state index is 13.6. The van der Waals surface area contributed by atoms with Crippen molar-refractivity contribution in [1.82, 2.24) is 15.0 Å². The normalized spacial score (nSPS) is 14.1. The molecule has 3 rings (SSSR count). The summed E-state index contributed by atoms with van der Waals surface area (Å²) in [6.07, 6.45) is 6.48. The summed E-state index contributed by atoms with van der Waals surface area (Å²) in [5, 5.41) is 8.28. The minimum atomic E-state index is -0.483. The molecule has 0 saturated heterocycles. The summed E-state index contributed by atoms with van der Waals surface area (Å²) in [6, 6.07) is 4.67. The summed E-state index contributed by atoms with van der Waals surface area (Å²) in [7, 11) is 1.38.